The summed E-state index contributed by atoms with van der Waals surface area (Å²) in [7, 11) is 0. The molecule has 0 aliphatic carbocycles. The van der Waals surface area contributed by atoms with E-state index in [4.69, 9.17) is 0 Å². The molecule has 0 radical (unpaired) electrons. The number of anilines is 1. The maximum absolute atomic E-state index is 12.8. The van der Waals surface area contributed by atoms with Crippen molar-refractivity contribution in [2.45, 2.75) is 53.5 Å². The molecule has 0 spiro atoms. The van der Waals surface area contributed by atoms with E-state index < -0.39 is 6.04 Å². The van der Waals surface area contributed by atoms with Gasteiger partial charge in [-0.1, -0.05) is 27.7 Å². The molecule has 7 nitrogen and oxygen atoms in total. The second-order valence-corrected chi connectivity index (χ2v) is 7.61. The van der Waals surface area contributed by atoms with E-state index in [1.807, 2.05) is 31.7 Å². The van der Waals surface area contributed by atoms with E-state index in [9.17, 15) is 9.59 Å². The van der Waals surface area contributed by atoms with E-state index in [-0.39, 0.29) is 23.7 Å². The molecule has 1 aromatic heterocycles. The second kappa shape index (κ2) is 8.47. The molecule has 1 unspecified atom stereocenters. The standard InChI is InChI=1S/C19H31N5O2/c1-12(2)17(21-15(6)25)19(26)24-9-7-23(8-10-24)16-11-14(5)20-18(22-16)13(3)4/h11-13,17H,7-10H2,1-6H3,(H,21,25). The highest BCUT2D eigenvalue weighted by molar-refractivity contribution is 5.87. The van der Waals surface area contributed by atoms with Gasteiger partial charge in [-0.2, -0.15) is 0 Å². The first kappa shape index (κ1) is 20.1. The summed E-state index contributed by atoms with van der Waals surface area (Å²) >= 11 is 0. The van der Waals surface area contributed by atoms with Gasteiger partial charge in [0.2, 0.25) is 11.8 Å². The van der Waals surface area contributed by atoms with E-state index in [1.165, 1.54) is 6.92 Å². The van der Waals surface area contributed by atoms with Crippen LogP contribution in [0.25, 0.3) is 0 Å². The van der Waals surface area contributed by atoms with Crippen molar-refractivity contribution in [1.29, 1.82) is 0 Å². The lowest BCUT2D eigenvalue weighted by atomic mass is 10.0. The molecule has 1 atom stereocenters. The topological polar surface area (TPSA) is 78.4 Å². The van der Waals surface area contributed by atoms with E-state index >= 15 is 0 Å². The smallest absolute Gasteiger partial charge is 0.245 e. The SMILES string of the molecule is CC(=O)NC(C(=O)N1CCN(c2cc(C)nc(C(C)C)n2)CC1)C(C)C. The average Bonchev–Trinajstić information content (AvgIpc) is 2.58. The van der Waals surface area contributed by atoms with Gasteiger partial charge in [-0.25, -0.2) is 9.97 Å². The van der Waals surface area contributed by atoms with Gasteiger partial charge in [0.1, 0.15) is 17.7 Å². The number of rotatable bonds is 5. The molecule has 1 aromatic rings. The first-order valence-electron chi connectivity index (χ1n) is 9.35. The predicted molar refractivity (Wildman–Crippen MR) is 102 cm³/mol. The highest BCUT2D eigenvalue weighted by atomic mass is 16.2. The van der Waals surface area contributed by atoms with E-state index in [0.29, 0.717) is 13.1 Å². The van der Waals surface area contributed by atoms with Crippen molar-refractivity contribution in [2.75, 3.05) is 31.1 Å². The number of aryl methyl sites for hydroxylation is 1. The van der Waals surface area contributed by atoms with Gasteiger partial charge < -0.3 is 15.1 Å². The minimum absolute atomic E-state index is 0.00316. The monoisotopic (exact) mass is 361 g/mol. The molecule has 0 bridgehead atoms. The van der Waals surface area contributed by atoms with Crippen molar-refractivity contribution in [3.8, 4) is 0 Å². The Hall–Kier alpha value is -2.18. The maximum Gasteiger partial charge on any atom is 0.245 e. The number of hydrogen-bond donors (Lipinski definition) is 1. The van der Waals surface area contributed by atoms with Gasteiger partial charge >= 0.3 is 0 Å². The maximum atomic E-state index is 12.8. The van der Waals surface area contributed by atoms with Crippen LogP contribution in [0.1, 0.15) is 52.1 Å². The molecule has 1 fully saturated rings. The lowest BCUT2D eigenvalue weighted by molar-refractivity contribution is -0.137. The van der Waals surface area contributed by atoms with Gasteiger partial charge in [-0.3, -0.25) is 9.59 Å². The summed E-state index contributed by atoms with van der Waals surface area (Å²) in [6.07, 6.45) is 0. The zero-order chi connectivity index (χ0) is 19.4. The minimum atomic E-state index is -0.465. The summed E-state index contributed by atoms with van der Waals surface area (Å²) in [5.74, 6) is 1.94. The van der Waals surface area contributed by atoms with Gasteiger partial charge in [0.25, 0.3) is 0 Å². The number of piperazine rings is 1. The predicted octanol–water partition coefficient (Wildman–Crippen LogP) is 1.72. The third kappa shape index (κ3) is 4.93. The third-order valence-electron chi connectivity index (χ3n) is 4.58. The summed E-state index contributed by atoms with van der Waals surface area (Å²) in [5.41, 5.74) is 0.961. The van der Waals surface area contributed by atoms with Crippen LogP contribution in [0.2, 0.25) is 0 Å². The van der Waals surface area contributed by atoms with Crippen molar-refractivity contribution in [2.24, 2.45) is 5.92 Å². The van der Waals surface area contributed by atoms with Crippen LogP contribution in [-0.2, 0) is 9.59 Å². The van der Waals surface area contributed by atoms with Crippen LogP contribution in [0.15, 0.2) is 6.07 Å². The second-order valence-electron chi connectivity index (χ2n) is 7.61. The van der Waals surface area contributed by atoms with Crippen molar-refractivity contribution < 1.29 is 9.59 Å². The normalized spacial score (nSPS) is 16.2. The Morgan fingerprint density at radius 2 is 1.69 bits per heavy atom. The zero-order valence-corrected chi connectivity index (χ0v) is 16.7. The molecule has 1 saturated heterocycles. The van der Waals surface area contributed by atoms with Gasteiger partial charge in [0.05, 0.1) is 0 Å². The third-order valence-corrected chi connectivity index (χ3v) is 4.58. The van der Waals surface area contributed by atoms with Crippen LogP contribution in [0.3, 0.4) is 0 Å². The first-order valence-corrected chi connectivity index (χ1v) is 9.35. The highest BCUT2D eigenvalue weighted by Gasteiger charge is 2.30. The molecule has 1 aliphatic heterocycles. The molecule has 1 N–H and O–H groups in total. The molecule has 7 heteroatoms. The van der Waals surface area contributed by atoms with Gasteiger partial charge in [0.15, 0.2) is 0 Å². The van der Waals surface area contributed by atoms with Crippen LogP contribution in [0.4, 0.5) is 5.82 Å². The summed E-state index contributed by atoms with van der Waals surface area (Å²) in [5, 5.41) is 2.78. The number of carbonyl (C=O) groups is 2. The van der Waals surface area contributed by atoms with Crippen molar-refractivity contribution in [3.63, 3.8) is 0 Å². The number of nitrogens with one attached hydrogen (secondary N) is 1. The fourth-order valence-corrected chi connectivity index (χ4v) is 3.08. The first-order chi connectivity index (χ1) is 12.2. The quantitative estimate of drug-likeness (QED) is 0.864. The largest absolute Gasteiger partial charge is 0.353 e. The van der Waals surface area contributed by atoms with Crippen LogP contribution in [0, 0.1) is 12.8 Å². The average molecular weight is 361 g/mol. The summed E-state index contributed by atoms with van der Waals surface area (Å²) in [6.45, 7) is 14.2. The van der Waals surface area contributed by atoms with Gasteiger partial charge in [-0.15, -0.1) is 0 Å². The molecule has 2 heterocycles. The molecule has 0 aromatic carbocycles. The minimum Gasteiger partial charge on any atom is -0.353 e. The molecule has 144 valence electrons. The van der Waals surface area contributed by atoms with Crippen molar-refractivity contribution in [1.82, 2.24) is 20.2 Å². The summed E-state index contributed by atoms with van der Waals surface area (Å²) < 4.78 is 0. The Bertz CT molecular complexity index is 651. The molecule has 2 rings (SSSR count). The Balaban J connectivity index is 2.04. The number of amides is 2. The molecule has 1 aliphatic rings. The molecular formula is C19H31N5O2. The number of nitrogens with zero attached hydrogens (tertiary/aromatic N) is 4. The zero-order valence-electron chi connectivity index (χ0n) is 16.7. The van der Waals surface area contributed by atoms with E-state index in [1.54, 1.807) is 0 Å². The number of hydrogen-bond acceptors (Lipinski definition) is 5. The van der Waals surface area contributed by atoms with Gasteiger partial charge in [0, 0.05) is 50.8 Å². The fraction of sp³-hybridized carbons (Fsp3) is 0.684. The number of carbonyl (C=O) groups excluding carboxylic acids is 2. The van der Waals surface area contributed by atoms with Crippen LogP contribution >= 0.6 is 0 Å². The Kier molecular flexibility index (Phi) is 6.56. The molecule has 26 heavy (non-hydrogen) atoms. The lowest BCUT2D eigenvalue weighted by Gasteiger charge is -2.38. The lowest BCUT2D eigenvalue weighted by Crippen LogP contribution is -2.56. The van der Waals surface area contributed by atoms with E-state index in [0.717, 1.165) is 30.4 Å². The highest BCUT2D eigenvalue weighted by Crippen LogP contribution is 2.19. The number of aromatic nitrogens is 2. The molecular weight excluding hydrogens is 330 g/mol. The van der Waals surface area contributed by atoms with Crippen molar-refractivity contribution >= 4 is 17.6 Å². The molecule has 0 saturated carbocycles. The molecule has 2 amide bonds. The van der Waals surface area contributed by atoms with Crippen molar-refractivity contribution in [3.05, 3.63) is 17.6 Å². The Labute approximate surface area is 156 Å². The summed E-state index contributed by atoms with van der Waals surface area (Å²) in [6, 6.07) is 1.53. The Morgan fingerprint density at radius 3 is 2.19 bits per heavy atom. The van der Waals surface area contributed by atoms with Gasteiger partial charge in [-0.05, 0) is 12.8 Å². The Morgan fingerprint density at radius 1 is 1.08 bits per heavy atom. The summed E-state index contributed by atoms with van der Waals surface area (Å²) in [4.78, 5) is 37.4. The fourth-order valence-electron chi connectivity index (χ4n) is 3.08. The van der Waals surface area contributed by atoms with E-state index in [2.05, 4.69) is 34.0 Å². The van der Waals surface area contributed by atoms with Crippen LogP contribution < -0.4 is 10.2 Å². The van der Waals surface area contributed by atoms with Crippen LogP contribution in [0.5, 0.6) is 0 Å². The van der Waals surface area contributed by atoms with Crippen LogP contribution in [-0.4, -0.2) is 58.9 Å².